The minimum Gasteiger partial charge on any atom is -0.454 e. The summed E-state index contributed by atoms with van der Waals surface area (Å²) in [5, 5.41) is 0. The van der Waals surface area contributed by atoms with Crippen molar-refractivity contribution in [3.05, 3.63) is 23.8 Å². The van der Waals surface area contributed by atoms with Gasteiger partial charge in [0.25, 0.3) is 0 Å². The summed E-state index contributed by atoms with van der Waals surface area (Å²) in [6, 6.07) is 6.31. The molecule has 1 aromatic rings. The summed E-state index contributed by atoms with van der Waals surface area (Å²) in [5.74, 6) is 3.27. The van der Waals surface area contributed by atoms with E-state index in [9.17, 15) is 0 Å². The van der Waals surface area contributed by atoms with E-state index < -0.39 is 0 Å². The van der Waals surface area contributed by atoms with Gasteiger partial charge in [-0.3, -0.25) is 4.90 Å². The van der Waals surface area contributed by atoms with Crippen LogP contribution in [0.2, 0.25) is 0 Å². The number of piperidine rings is 1. The largest absolute Gasteiger partial charge is 0.454 e. The van der Waals surface area contributed by atoms with E-state index in [1.165, 1.54) is 24.8 Å². The van der Waals surface area contributed by atoms with Crippen LogP contribution in [0.15, 0.2) is 18.2 Å². The fourth-order valence-electron chi connectivity index (χ4n) is 4.89. The predicted octanol–water partition coefficient (Wildman–Crippen LogP) is 3.60. The number of hydrogen-bond donors (Lipinski definition) is 0. The first-order valence-corrected chi connectivity index (χ1v) is 10.6. The van der Waals surface area contributed by atoms with Crippen LogP contribution in [0.1, 0.15) is 44.1 Å². The molecule has 1 atom stereocenters. The highest BCUT2D eigenvalue weighted by Gasteiger charge is 2.45. The summed E-state index contributed by atoms with van der Waals surface area (Å²) in [7, 11) is 0. The van der Waals surface area contributed by atoms with Crippen LogP contribution in [0.5, 0.6) is 11.5 Å². The molecule has 3 aliphatic heterocycles. The van der Waals surface area contributed by atoms with Crippen LogP contribution < -0.4 is 9.47 Å². The molecule has 0 radical (unpaired) electrons. The van der Waals surface area contributed by atoms with Crippen molar-refractivity contribution in [1.29, 1.82) is 0 Å². The quantitative estimate of drug-likeness (QED) is 0.683. The smallest absolute Gasteiger partial charge is 0.231 e. The SMILES string of the molecule is c1cc2c(cc1CN1CCC3(CC1)OCC[C@@H]3CCOCC1CC1)OCO2. The summed E-state index contributed by atoms with van der Waals surface area (Å²) in [5.41, 5.74) is 1.40. The van der Waals surface area contributed by atoms with Gasteiger partial charge in [-0.25, -0.2) is 0 Å². The van der Waals surface area contributed by atoms with Crippen molar-refractivity contribution in [3.8, 4) is 11.5 Å². The first-order chi connectivity index (χ1) is 13.3. The van der Waals surface area contributed by atoms with E-state index in [2.05, 4.69) is 17.0 Å². The zero-order valence-corrected chi connectivity index (χ0v) is 16.2. The van der Waals surface area contributed by atoms with E-state index >= 15 is 0 Å². The van der Waals surface area contributed by atoms with Crippen LogP contribution in [0.25, 0.3) is 0 Å². The van der Waals surface area contributed by atoms with E-state index in [4.69, 9.17) is 18.9 Å². The predicted molar refractivity (Wildman–Crippen MR) is 102 cm³/mol. The molecule has 1 spiro atoms. The Hall–Kier alpha value is -1.30. The van der Waals surface area contributed by atoms with E-state index in [0.29, 0.717) is 12.7 Å². The summed E-state index contributed by atoms with van der Waals surface area (Å²) in [6.07, 6.45) is 7.39. The fraction of sp³-hybridized carbons (Fsp3) is 0.727. The topological polar surface area (TPSA) is 40.2 Å². The first-order valence-electron chi connectivity index (χ1n) is 10.6. The standard InChI is InChI=1S/C22H31NO4/c1-2-17(1)15-24-11-5-19-6-12-27-22(19)7-9-23(10-8-22)14-18-3-4-20-21(13-18)26-16-25-20/h3-4,13,17,19H,1-2,5-12,14-16H2/t19-/m0/s1. The first kappa shape index (κ1) is 17.8. The lowest BCUT2D eigenvalue weighted by Crippen LogP contribution is -2.47. The van der Waals surface area contributed by atoms with Gasteiger partial charge in [0.05, 0.1) is 5.60 Å². The molecule has 1 saturated carbocycles. The summed E-state index contributed by atoms with van der Waals surface area (Å²) in [6.45, 7) is 6.34. The van der Waals surface area contributed by atoms with Crippen molar-refractivity contribution >= 4 is 0 Å². The Labute approximate surface area is 161 Å². The molecule has 0 aromatic heterocycles. The van der Waals surface area contributed by atoms with E-state index in [1.54, 1.807) is 0 Å². The van der Waals surface area contributed by atoms with Crippen molar-refractivity contribution in [2.75, 3.05) is 39.7 Å². The maximum absolute atomic E-state index is 6.32. The van der Waals surface area contributed by atoms with Crippen molar-refractivity contribution in [1.82, 2.24) is 4.90 Å². The Morgan fingerprint density at radius 2 is 1.93 bits per heavy atom. The van der Waals surface area contributed by atoms with Crippen LogP contribution in [0.3, 0.4) is 0 Å². The molecule has 27 heavy (non-hydrogen) atoms. The fourth-order valence-corrected chi connectivity index (χ4v) is 4.89. The lowest BCUT2D eigenvalue weighted by molar-refractivity contribution is -0.0731. The zero-order chi connectivity index (χ0) is 18.1. The molecule has 3 heterocycles. The van der Waals surface area contributed by atoms with Crippen LogP contribution >= 0.6 is 0 Å². The monoisotopic (exact) mass is 373 g/mol. The maximum atomic E-state index is 6.32. The highest BCUT2D eigenvalue weighted by Crippen LogP contribution is 2.43. The lowest BCUT2D eigenvalue weighted by atomic mass is 9.78. The van der Waals surface area contributed by atoms with Gasteiger partial charge >= 0.3 is 0 Å². The third-order valence-electron chi connectivity index (χ3n) is 6.81. The number of fused-ring (bicyclic) bond motifs is 1. The van der Waals surface area contributed by atoms with Gasteiger partial charge in [0.15, 0.2) is 11.5 Å². The van der Waals surface area contributed by atoms with Crippen LogP contribution in [0, 0.1) is 11.8 Å². The van der Waals surface area contributed by atoms with E-state index in [1.807, 2.05) is 6.07 Å². The van der Waals surface area contributed by atoms with Gasteiger partial charge in [0, 0.05) is 39.5 Å². The van der Waals surface area contributed by atoms with E-state index in [-0.39, 0.29) is 5.60 Å². The third kappa shape index (κ3) is 3.96. The molecule has 148 valence electrons. The van der Waals surface area contributed by atoms with Gasteiger partial charge < -0.3 is 18.9 Å². The second-order valence-electron chi connectivity index (χ2n) is 8.67. The number of ether oxygens (including phenoxy) is 4. The molecule has 4 aliphatic rings. The van der Waals surface area contributed by atoms with Gasteiger partial charge in [0.1, 0.15) is 0 Å². The summed E-state index contributed by atoms with van der Waals surface area (Å²) < 4.78 is 23.2. The summed E-state index contributed by atoms with van der Waals surface area (Å²) >= 11 is 0. The van der Waals surface area contributed by atoms with Gasteiger partial charge in [-0.1, -0.05) is 6.07 Å². The van der Waals surface area contributed by atoms with Gasteiger partial charge in [-0.2, -0.15) is 0 Å². The number of hydrogen-bond acceptors (Lipinski definition) is 5. The zero-order valence-electron chi connectivity index (χ0n) is 16.2. The molecule has 5 nitrogen and oxygen atoms in total. The molecule has 0 N–H and O–H groups in total. The minimum absolute atomic E-state index is 0.105. The molecule has 0 amide bonds. The van der Waals surface area contributed by atoms with Crippen LogP contribution in [-0.4, -0.2) is 50.2 Å². The molecule has 5 rings (SSSR count). The van der Waals surface area contributed by atoms with E-state index in [0.717, 1.165) is 76.1 Å². The Balaban J connectivity index is 1.12. The van der Waals surface area contributed by atoms with Gasteiger partial charge in [0.2, 0.25) is 6.79 Å². The Morgan fingerprint density at radius 1 is 1.07 bits per heavy atom. The van der Waals surface area contributed by atoms with Gasteiger partial charge in [-0.05, 0) is 68.1 Å². The second-order valence-corrected chi connectivity index (χ2v) is 8.67. The molecule has 0 bridgehead atoms. The average molecular weight is 373 g/mol. The number of nitrogens with zero attached hydrogens (tertiary/aromatic N) is 1. The van der Waals surface area contributed by atoms with Crippen molar-refractivity contribution in [2.24, 2.45) is 11.8 Å². The third-order valence-corrected chi connectivity index (χ3v) is 6.81. The Bertz CT molecular complexity index is 652. The molecule has 0 unspecified atom stereocenters. The number of likely N-dealkylation sites (tertiary alicyclic amines) is 1. The molecule has 1 aliphatic carbocycles. The molecule has 3 fully saturated rings. The molecule has 1 aromatic carbocycles. The minimum atomic E-state index is 0.105. The summed E-state index contributed by atoms with van der Waals surface area (Å²) in [4.78, 5) is 2.55. The molecule has 2 saturated heterocycles. The highest BCUT2D eigenvalue weighted by molar-refractivity contribution is 5.44. The molecular weight excluding hydrogens is 342 g/mol. The van der Waals surface area contributed by atoms with Crippen molar-refractivity contribution in [3.63, 3.8) is 0 Å². The van der Waals surface area contributed by atoms with Crippen LogP contribution in [-0.2, 0) is 16.0 Å². The second kappa shape index (κ2) is 7.61. The highest BCUT2D eigenvalue weighted by atomic mass is 16.7. The Morgan fingerprint density at radius 3 is 2.78 bits per heavy atom. The maximum Gasteiger partial charge on any atom is 0.231 e. The number of benzene rings is 1. The van der Waals surface area contributed by atoms with Crippen molar-refractivity contribution < 1.29 is 18.9 Å². The normalized spacial score (nSPS) is 26.7. The Kier molecular flexibility index (Phi) is 5.01. The number of rotatable bonds is 7. The van der Waals surface area contributed by atoms with Crippen LogP contribution in [0.4, 0.5) is 0 Å². The van der Waals surface area contributed by atoms with Gasteiger partial charge in [-0.15, -0.1) is 0 Å². The van der Waals surface area contributed by atoms with Crippen molar-refractivity contribution in [2.45, 2.75) is 50.7 Å². The lowest BCUT2D eigenvalue weighted by Gasteiger charge is -2.42. The molecule has 5 heteroatoms. The molecular formula is C22H31NO4. The average Bonchev–Trinajstić information content (AvgIpc) is 3.26.